The highest BCUT2D eigenvalue weighted by Crippen LogP contribution is 2.30. The van der Waals surface area contributed by atoms with Gasteiger partial charge in [0.15, 0.2) is 0 Å². The first-order chi connectivity index (χ1) is 10.5. The van der Waals surface area contributed by atoms with Gasteiger partial charge in [0.1, 0.15) is 10.8 Å². The molecule has 0 N–H and O–H groups in total. The van der Waals surface area contributed by atoms with Gasteiger partial charge in [-0.25, -0.2) is 0 Å². The zero-order valence-electron chi connectivity index (χ0n) is 13.4. The third-order valence-electron chi connectivity index (χ3n) is 2.99. The quantitative estimate of drug-likeness (QED) is 0.816. The first-order valence-corrected chi connectivity index (χ1v) is 8.17. The Morgan fingerprint density at radius 3 is 2.50 bits per heavy atom. The van der Waals surface area contributed by atoms with Gasteiger partial charge in [-0.15, -0.1) is 10.2 Å². The molecular formula is C16H21N3O2S. The van der Waals surface area contributed by atoms with E-state index in [1.807, 2.05) is 31.2 Å². The Morgan fingerprint density at radius 1 is 1.27 bits per heavy atom. The number of aromatic nitrogens is 2. The number of carbonyl (C=O) groups excluding carboxylic acids is 1. The average molecular weight is 319 g/mol. The molecular weight excluding hydrogens is 298 g/mol. The highest BCUT2D eigenvalue weighted by molar-refractivity contribution is 7.18. The minimum atomic E-state index is -0.0110. The molecule has 0 fully saturated rings. The molecule has 0 spiro atoms. The van der Waals surface area contributed by atoms with E-state index in [1.165, 1.54) is 11.3 Å². The highest BCUT2D eigenvalue weighted by Gasteiger charge is 2.18. The Morgan fingerprint density at radius 2 is 1.95 bits per heavy atom. The molecule has 0 saturated heterocycles. The summed E-state index contributed by atoms with van der Waals surface area (Å²) in [5.41, 5.74) is 0.972. The van der Waals surface area contributed by atoms with E-state index in [4.69, 9.17) is 4.74 Å². The Kier molecular flexibility index (Phi) is 5.49. The zero-order valence-corrected chi connectivity index (χ0v) is 14.2. The van der Waals surface area contributed by atoms with E-state index < -0.39 is 0 Å². The average Bonchev–Trinajstić information content (AvgIpc) is 2.95. The predicted molar refractivity (Wildman–Crippen MR) is 89.4 cm³/mol. The number of hydrogen-bond acceptors (Lipinski definition) is 5. The van der Waals surface area contributed by atoms with Crippen molar-refractivity contribution in [1.29, 1.82) is 0 Å². The van der Waals surface area contributed by atoms with Gasteiger partial charge in [0.25, 0.3) is 0 Å². The van der Waals surface area contributed by atoms with Crippen LogP contribution in [0.5, 0.6) is 5.75 Å². The fraction of sp³-hybridized carbons (Fsp3) is 0.438. The summed E-state index contributed by atoms with van der Waals surface area (Å²) in [5, 5.41) is 9.82. The molecule has 0 unspecified atom stereocenters. The van der Waals surface area contributed by atoms with Gasteiger partial charge < -0.3 is 4.74 Å². The van der Waals surface area contributed by atoms with Crippen LogP contribution in [0.25, 0.3) is 10.6 Å². The fourth-order valence-corrected chi connectivity index (χ4v) is 2.91. The molecule has 0 aliphatic carbocycles. The number of anilines is 1. The maximum atomic E-state index is 11.8. The molecule has 1 aromatic carbocycles. The molecule has 5 nitrogen and oxygen atoms in total. The van der Waals surface area contributed by atoms with Crippen LogP contribution in [-0.4, -0.2) is 29.3 Å². The van der Waals surface area contributed by atoms with Crippen molar-refractivity contribution in [3.8, 4) is 16.3 Å². The summed E-state index contributed by atoms with van der Waals surface area (Å²) in [7, 11) is 0. The van der Waals surface area contributed by atoms with Gasteiger partial charge in [0, 0.05) is 19.0 Å². The zero-order chi connectivity index (χ0) is 16.1. The summed E-state index contributed by atoms with van der Waals surface area (Å²) in [5.74, 6) is 1.20. The standard InChI is InChI=1S/C16H21N3O2S/c1-5-21-14-8-6-13(7-9-14)15-17-18-16(22-15)19(12(4)20)10-11(2)3/h6-9,11H,5,10H2,1-4H3. The first kappa shape index (κ1) is 16.4. The first-order valence-electron chi connectivity index (χ1n) is 7.36. The van der Waals surface area contributed by atoms with Crippen LogP contribution in [0, 0.1) is 5.92 Å². The summed E-state index contributed by atoms with van der Waals surface area (Å²) in [6.45, 7) is 8.95. The van der Waals surface area contributed by atoms with Crippen LogP contribution in [0.3, 0.4) is 0 Å². The van der Waals surface area contributed by atoms with E-state index in [-0.39, 0.29) is 5.91 Å². The Hall–Kier alpha value is -1.95. The topological polar surface area (TPSA) is 55.3 Å². The smallest absolute Gasteiger partial charge is 0.225 e. The molecule has 0 radical (unpaired) electrons. The van der Waals surface area contributed by atoms with Crippen LogP contribution in [0.2, 0.25) is 0 Å². The fourth-order valence-electron chi connectivity index (χ4n) is 2.01. The number of carbonyl (C=O) groups is 1. The maximum Gasteiger partial charge on any atom is 0.225 e. The van der Waals surface area contributed by atoms with Crippen molar-refractivity contribution in [3.63, 3.8) is 0 Å². The number of nitrogens with zero attached hydrogens (tertiary/aromatic N) is 3. The molecule has 0 aliphatic heterocycles. The molecule has 1 heterocycles. The third-order valence-corrected chi connectivity index (χ3v) is 3.98. The van der Waals surface area contributed by atoms with Gasteiger partial charge >= 0.3 is 0 Å². The molecule has 2 aromatic rings. The lowest BCUT2D eigenvalue weighted by Crippen LogP contribution is -2.32. The predicted octanol–water partition coefficient (Wildman–Crippen LogP) is 3.61. The van der Waals surface area contributed by atoms with E-state index in [9.17, 15) is 4.79 Å². The van der Waals surface area contributed by atoms with Crippen molar-refractivity contribution in [2.24, 2.45) is 5.92 Å². The van der Waals surface area contributed by atoms with E-state index in [1.54, 1.807) is 11.8 Å². The molecule has 1 aromatic heterocycles. The molecule has 118 valence electrons. The van der Waals surface area contributed by atoms with E-state index in [2.05, 4.69) is 24.0 Å². The number of benzene rings is 1. The van der Waals surface area contributed by atoms with Gasteiger partial charge in [-0.3, -0.25) is 9.69 Å². The van der Waals surface area contributed by atoms with Gasteiger partial charge in [-0.05, 0) is 37.1 Å². The second-order valence-corrected chi connectivity index (χ2v) is 6.33. The lowest BCUT2D eigenvalue weighted by molar-refractivity contribution is -0.116. The van der Waals surface area contributed by atoms with Crippen LogP contribution in [0.15, 0.2) is 24.3 Å². The number of rotatable bonds is 6. The SMILES string of the molecule is CCOc1ccc(-c2nnc(N(CC(C)C)C(C)=O)s2)cc1. The summed E-state index contributed by atoms with van der Waals surface area (Å²) in [4.78, 5) is 13.5. The van der Waals surface area contributed by atoms with Gasteiger partial charge in [0.05, 0.1) is 6.61 Å². The number of ether oxygens (including phenoxy) is 1. The van der Waals surface area contributed by atoms with E-state index in [0.29, 0.717) is 24.2 Å². The Bertz CT molecular complexity index is 623. The van der Waals surface area contributed by atoms with Crippen LogP contribution < -0.4 is 9.64 Å². The van der Waals surface area contributed by atoms with Gasteiger partial charge in [-0.1, -0.05) is 25.2 Å². The van der Waals surface area contributed by atoms with Crippen molar-refractivity contribution >= 4 is 22.4 Å². The lowest BCUT2D eigenvalue weighted by atomic mass is 10.2. The Labute approximate surface area is 134 Å². The summed E-state index contributed by atoms with van der Waals surface area (Å²) in [6, 6.07) is 7.74. The highest BCUT2D eigenvalue weighted by atomic mass is 32.1. The molecule has 1 amide bonds. The second-order valence-electron chi connectivity index (χ2n) is 5.37. The number of amides is 1. The van der Waals surface area contributed by atoms with Crippen LogP contribution in [0.4, 0.5) is 5.13 Å². The van der Waals surface area contributed by atoms with Crippen LogP contribution in [-0.2, 0) is 4.79 Å². The van der Waals surface area contributed by atoms with Crippen molar-refractivity contribution < 1.29 is 9.53 Å². The van der Waals surface area contributed by atoms with Crippen molar-refractivity contribution in [2.45, 2.75) is 27.7 Å². The molecule has 22 heavy (non-hydrogen) atoms. The Balaban J connectivity index is 2.20. The van der Waals surface area contributed by atoms with Crippen molar-refractivity contribution in [2.75, 3.05) is 18.1 Å². The lowest BCUT2D eigenvalue weighted by Gasteiger charge is -2.19. The normalized spacial score (nSPS) is 10.8. The largest absolute Gasteiger partial charge is 0.494 e. The molecule has 0 bridgehead atoms. The van der Waals surface area contributed by atoms with E-state index >= 15 is 0 Å². The van der Waals surface area contributed by atoms with Crippen molar-refractivity contribution in [3.05, 3.63) is 24.3 Å². The molecule has 0 saturated carbocycles. The monoisotopic (exact) mass is 319 g/mol. The van der Waals surface area contributed by atoms with Crippen molar-refractivity contribution in [1.82, 2.24) is 10.2 Å². The molecule has 6 heteroatoms. The van der Waals surface area contributed by atoms with Gasteiger partial charge in [-0.2, -0.15) is 0 Å². The third kappa shape index (κ3) is 4.04. The molecule has 0 atom stereocenters. The van der Waals surface area contributed by atoms with Gasteiger partial charge in [0.2, 0.25) is 11.0 Å². The van der Waals surface area contributed by atoms with E-state index in [0.717, 1.165) is 16.3 Å². The summed E-state index contributed by atoms with van der Waals surface area (Å²) in [6.07, 6.45) is 0. The maximum absolute atomic E-state index is 11.8. The summed E-state index contributed by atoms with van der Waals surface area (Å²) < 4.78 is 5.43. The number of hydrogen-bond donors (Lipinski definition) is 0. The molecule has 2 rings (SSSR count). The van der Waals surface area contributed by atoms with Crippen LogP contribution in [0.1, 0.15) is 27.7 Å². The molecule has 0 aliphatic rings. The second kappa shape index (κ2) is 7.35. The van der Waals surface area contributed by atoms with Crippen LogP contribution >= 0.6 is 11.3 Å². The summed E-state index contributed by atoms with van der Waals surface area (Å²) >= 11 is 1.43. The minimum absolute atomic E-state index is 0.0110. The minimum Gasteiger partial charge on any atom is -0.494 e.